The molecule has 0 saturated heterocycles. The molecule has 0 unspecified atom stereocenters. The molecule has 164 valence electrons. The van der Waals surface area contributed by atoms with Gasteiger partial charge in [-0.05, 0) is 23.8 Å². The summed E-state index contributed by atoms with van der Waals surface area (Å²) in [6.45, 7) is 1.08. The summed E-state index contributed by atoms with van der Waals surface area (Å²) in [4.78, 5) is 9.00. The average Bonchev–Trinajstić information content (AvgIpc) is 2.58. The molecule has 0 saturated carbocycles. The number of carboxylic acid groups (broad SMARTS) is 1. The first kappa shape index (κ1) is 37.7. The minimum Gasteiger partial charge on any atom is -0.481 e. The molecule has 0 aromatic heterocycles. The summed E-state index contributed by atoms with van der Waals surface area (Å²) in [7, 11) is -0.446. The van der Waals surface area contributed by atoms with Crippen LogP contribution in [0.5, 0.6) is 0 Å². The number of carbonyl (C=O) groups is 1. The summed E-state index contributed by atoms with van der Waals surface area (Å²) in [5.74, 6) is -0.833. The molecule has 3 aromatic rings. The molecule has 0 aliphatic heterocycles. The Kier molecular flexibility index (Phi) is 26.9. The van der Waals surface area contributed by atoms with Crippen LogP contribution in [-0.4, -0.2) is 22.0 Å². The van der Waals surface area contributed by atoms with Crippen molar-refractivity contribution in [1.29, 1.82) is 0 Å². The average molecular weight is 511 g/mol. The standard InChI is InChI=1S/C18H15P.C2H4O2.3H3N.2H2O.Ru/c1-4-10-16(11-5-1)19(17-12-6-2-7-13-17)18-14-8-3-9-15-18;1-2(3)4;;;;;;/h1-15H;1H3,(H,3,4);3*1H3;2*1H2;. The van der Waals surface area contributed by atoms with Crippen molar-refractivity contribution in [1.82, 2.24) is 18.5 Å². The number of carboxylic acids is 1. The maximum Gasteiger partial charge on any atom is 0.300 e. The molecule has 0 fully saturated rings. The topological polar surface area (TPSA) is 205 Å². The largest absolute Gasteiger partial charge is 0.481 e. The van der Waals surface area contributed by atoms with E-state index in [0.29, 0.717) is 0 Å². The second-order valence-corrected chi connectivity index (χ2v) is 7.08. The third kappa shape index (κ3) is 12.9. The molecule has 9 heteroatoms. The molecule has 0 aliphatic rings. The van der Waals surface area contributed by atoms with Crippen LogP contribution < -0.4 is 34.4 Å². The molecule has 0 heterocycles. The van der Waals surface area contributed by atoms with Gasteiger partial charge < -0.3 is 34.5 Å². The van der Waals surface area contributed by atoms with Gasteiger partial charge in [-0.3, -0.25) is 4.79 Å². The summed E-state index contributed by atoms with van der Waals surface area (Å²) in [6.07, 6.45) is 0. The Morgan fingerprint density at radius 2 is 0.793 bits per heavy atom. The summed E-state index contributed by atoms with van der Waals surface area (Å²) >= 11 is 0. The first-order chi connectivity index (χ1) is 11.2. The van der Waals surface area contributed by atoms with Crippen LogP contribution in [0.15, 0.2) is 91.0 Å². The fourth-order valence-electron chi connectivity index (χ4n) is 2.18. The molecular formula is C20H32N3O4PRu. The van der Waals surface area contributed by atoms with Gasteiger partial charge in [-0.15, -0.1) is 0 Å². The van der Waals surface area contributed by atoms with E-state index in [1.807, 2.05) is 0 Å². The first-order valence-corrected chi connectivity index (χ1v) is 8.67. The van der Waals surface area contributed by atoms with Crippen molar-refractivity contribution in [2.24, 2.45) is 0 Å². The predicted octanol–water partition coefficient (Wildman–Crippen LogP) is 2.37. The molecule has 14 N–H and O–H groups in total. The maximum atomic E-state index is 9.00. The van der Waals surface area contributed by atoms with Crippen molar-refractivity contribution < 1.29 is 40.3 Å². The van der Waals surface area contributed by atoms with Crippen molar-refractivity contribution in [2.75, 3.05) is 0 Å². The summed E-state index contributed by atoms with van der Waals surface area (Å²) < 4.78 is 0. The molecule has 3 aromatic carbocycles. The third-order valence-corrected chi connectivity index (χ3v) is 5.49. The number of benzene rings is 3. The van der Waals surface area contributed by atoms with Crippen LogP contribution in [-0.2, 0) is 24.3 Å². The Hall–Kier alpha value is -2.02. The van der Waals surface area contributed by atoms with Crippen LogP contribution in [0.1, 0.15) is 6.92 Å². The van der Waals surface area contributed by atoms with Crippen LogP contribution in [0.4, 0.5) is 0 Å². The van der Waals surface area contributed by atoms with Gasteiger partial charge >= 0.3 is 0 Å². The summed E-state index contributed by atoms with van der Waals surface area (Å²) in [5.41, 5.74) is 0. The van der Waals surface area contributed by atoms with Crippen molar-refractivity contribution in [3.8, 4) is 0 Å². The van der Waals surface area contributed by atoms with Crippen molar-refractivity contribution in [2.45, 2.75) is 6.92 Å². The van der Waals surface area contributed by atoms with Crippen LogP contribution in [0.2, 0.25) is 0 Å². The minimum absolute atomic E-state index is 0. The molecular weight excluding hydrogens is 478 g/mol. The van der Waals surface area contributed by atoms with Crippen molar-refractivity contribution in [3.05, 3.63) is 91.0 Å². The number of aliphatic carboxylic acids is 1. The molecule has 29 heavy (non-hydrogen) atoms. The Morgan fingerprint density at radius 3 is 0.966 bits per heavy atom. The van der Waals surface area contributed by atoms with E-state index < -0.39 is 13.9 Å². The SMILES string of the molecule is CC(=O)O.N.N.N.O.O.[Ru].c1ccc(P(c2ccccc2)c2ccccc2)cc1. The quantitative estimate of drug-likeness (QED) is 0.308. The fourth-order valence-corrected chi connectivity index (χ4v) is 4.48. The van der Waals surface area contributed by atoms with E-state index in [2.05, 4.69) is 91.0 Å². The van der Waals surface area contributed by atoms with Gasteiger partial charge in [0, 0.05) is 26.4 Å². The zero-order valence-corrected chi connectivity index (χ0v) is 19.1. The van der Waals surface area contributed by atoms with Gasteiger partial charge in [0.05, 0.1) is 0 Å². The monoisotopic (exact) mass is 511 g/mol. The van der Waals surface area contributed by atoms with Gasteiger partial charge in [-0.25, -0.2) is 0 Å². The number of hydrogen-bond acceptors (Lipinski definition) is 4. The molecule has 0 spiro atoms. The van der Waals surface area contributed by atoms with Gasteiger partial charge in [0.15, 0.2) is 0 Å². The van der Waals surface area contributed by atoms with E-state index in [1.165, 1.54) is 15.9 Å². The van der Waals surface area contributed by atoms with Crippen LogP contribution >= 0.6 is 7.92 Å². The van der Waals surface area contributed by atoms with Crippen molar-refractivity contribution in [3.63, 3.8) is 0 Å². The summed E-state index contributed by atoms with van der Waals surface area (Å²) in [6, 6.07) is 32.3. The van der Waals surface area contributed by atoms with Gasteiger partial charge in [-0.2, -0.15) is 0 Å². The predicted molar refractivity (Wildman–Crippen MR) is 121 cm³/mol. The van der Waals surface area contributed by atoms with Crippen molar-refractivity contribution >= 4 is 29.8 Å². The van der Waals surface area contributed by atoms with Gasteiger partial charge in [0.2, 0.25) is 0 Å². The molecule has 7 nitrogen and oxygen atoms in total. The first-order valence-electron chi connectivity index (χ1n) is 7.33. The Labute approximate surface area is 186 Å². The number of hydrogen-bond donors (Lipinski definition) is 4. The normalized spacial score (nSPS) is 7.79. The van der Waals surface area contributed by atoms with E-state index in [0.717, 1.165) is 6.92 Å². The Morgan fingerprint density at radius 1 is 0.621 bits per heavy atom. The van der Waals surface area contributed by atoms with Gasteiger partial charge in [-0.1, -0.05) is 91.0 Å². The smallest absolute Gasteiger partial charge is 0.300 e. The second kappa shape index (κ2) is 20.7. The fraction of sp³-hybridized carbons (Fsp3) is 0.0500. The van der Waals surface area contributed by atoms with Crippen LogP contribution in [0, 0.1) is 0 Å². The zero-order chi connectivity index (χ0) is 16.5. The molecule has 3 rings (SSSR count). The van der Waals surface area contributed by atoms with E-state index in [-0.39, 0.29) is 48.9 Å². The molecule has 0 amide bonds. The summed E-state index contributed by atoms with van der Waals surface area (Å²) in [5, 5.41) is 11.6. The zero-order valence-electron chi connectivity index (χ0n) is 16.4. The Bertz CT molecular complexity index is 641. The van der Waals surface area contributed by atoms with E-state index in [4.69, 9.17) is 9.90 Å². The number of rotatable bonds is 3. The Balaban J connectivity index is -0.000000178. The molecule has 0 bridgehead atoms. The van der Waals surface area contributed by atoms with Gasteiger partial charge in [0.1, 0.15) is 0 Å². The van der Waals surface area contributed by atoms with Gasteiger partial charge in [0.25, 0.3) is 5.97 Å². The second-order valence-electron chi connectivity index (χ2n) is 4.86. The molecule has 0 radical (unpaired) electrons. The van der Waals surface area contributed by atoms with E-state index in [1.54, 1.807) is 0 Å². The van der Waals surface area contributed by atoms with Crippen LogP contribution in [0.3, 0.4) is 0 Å². The maximum absolute atomic E-state index is 9.00. The van der Waals surface area contributed by atoms with E-state index >= 15 is 0 Å². The third-order valence-electron chi connectivity index (χ3n) is 3.04. The van der Waals surface area contributed by atoms with Crippen LogP contribution in [0.25, 0.3) is 0 Å². The minimum atomic E-state index is -0.833. The molecule has 0 atom stereocenters. The molecule has 0 aliphatic carbocycles. The van der Waals surface area contributed by atoms with E-state index in [9.17, 15) is 0 Å².